The van der Waals surface area contributed by atoms with Crippen LogP contribution in [0.15, 0.2) is 10.7 Å². The summed E-state index contributed by atoms with van der Waals surface area (Å²) in [5.41, 5.74) is 7.05. The molecule has 150 valence electrons. The lowest BCUT2D eigenvalue weighted by Gasteiger charge is -2.37. The number of amides is 2. The van der Waals surface area contributed by atoms with E-state index in [0.717, 1.165) is 41.9 Å². The third kappa shape index (κ3) is 3.31. The van der Waals surface area contributed by atoms with Crippen LogP contribution in [0, 0.1) is 25.7 Å². The van der Waals surface area contributed by atoms with Crippen LogP contribution in [0.5, 0.6) is 0 Å². The molecular weight excluding hydrogens is 358 g/mol. The molecule has 2 saturated heterocycles. The van der Waals surface area contributed by atoms with Crippen molar-refractivity contribution in [3.05, 3.63) is 17.7 Å². The second-order valence-corrected chi connectivity index (χ2v) is 7.95. The van der Waals surface area contributed by atoms with E-state index in [1.165, 1.54) is 6.33 Å². The molecule has 2 aromatic heterocycles. The Bertz CT molecular complexity index is 901. The number of rotatable bonds is 3. The molecule has 0 spiro atoms. The molecule has 28 heavy (non-hydrogen) atoms. The summed E-state index contributed by atoms with van der Waals surface area (Å²) in [5, 5.41) is 0.940. The van der Waals surface area contributed by atoms with Crippen LogP contribution < -0.4 is 10.6 Å². The molecule has 8 nitrogen and oxygen atoms in total. The van der Waals surface area contributed by atoms with Gasteiger partial charge >= 0.3 is 0 Å². The lowest BCUT2D eigenvalue weighted by molar-refractivity contribution is -0.138. The average molecular weight is 385 g/mol. The number of carbonyl (C=O) groups excluding carboxylic acids is 2. The maximum atomic E-state index is 13.1. The molecule has 0 bridgehead atoms. The molecule has 0 radical (unpaired) electrons. The van der Waals surface area contributed by atoms with Gasteiger partial charge in [0.15, 0.2) is 0 Å². The van der Waals surface area contributed by atoms with Gasteiger partial charge in [-0.25, -0.2) is 9.97 Å². The first-order valence-electron chi connectivity index (χ1n) is 9.99. The summed E-state index contributed by atoms with van der Waals surface area (Å²) in [6, 6.07) is 0. The van der Waals surface area contributed by atoms with Gasteiger partial charge < -0.3 is 20.0 Å². The Labute approximate surface area is 164 Å². The van der Waals surface area contributed by atoms with E-state index in [1.807, 2.05) is 18.7 Å². The minimum absolute atomic E-state index is 0.0582. The van der Waals surface area contributed by atoms with Crippen LogP contribution >= 0.6 is 0 Å². The van der Waals surface area contributed by atoms with Gasteiger partial charge in [0.1, 0.15) is 17.9 Å². The molecule has 0 unspecified atom stereocenters. The maximum absolute atomic E-state index is 13.1. The number of nitrogens with two attached hydrogens (primary N) is 1. The van der Waals surface area contributed by atoms with Gasteiger partial charge in [-0.1, -0.05) is 0 Å². The fourth-order valence-electron chi connectivity index (χ4n) is 4.42. The van der Waals surface area contributed by atoms with E-state index in [0.29, 0.717) is 38.2 Å². The normalized spacial score (nSPS) is 21.3. The highest BCUT2D eigenvalue weighted by Gasteiger charge is 2.33. The van der Waals surface area contributed by atoms with E-state index in [2.05, 4.69) is 14.9 Å². The van der Waals surface area contributed by atoms with Gasteiger partial charge in [-0.05, 0) is 39.5 Å². The van der Waals surface area contributed by atoms with Crippen molar-refractivity contribution in [2.75, 3.05) is 31.1 Å². The third-order valence-corrected chi connectivity index (χ3v) is 6.22. The van der Waals surface area contributed by atoms with Crippen molar-refractivity contribution in [2.24, 2.45) is 17.6 Å². The average Bonchev–Trinajstić information content (AvgIpc) is 3.01. The van der Waals surface area contributed by atoms with Gasteiger partial charge in [0.05, 0.1) is 11.3 Å². The van der Waals surface area contributed by atoms with Crippen molar-refractivity contribution in [1.82, 2.24) is 14.9 Å². The zero-order valence-corrected chi connectivity index (χ0v) is 16.5. The largest absolute Gasteiger partial charge is 0.443 e. The number of furan rings is 1. The first-order valence-corrected chi connectivity index (χ1v) is 9.99. The molecule has 2 aliphatic rings. The number of nitrogens with zero attached hydrogens (tertiary/aromatic N) is 4. The van der Waals surface area contributed by atoms with E-state index >= 15 is 0 Å². The summed E-state index contributed by atoms with van der Waals surface area (Å²) in [7, 11) is 0. The quantitative estimate of drug-likeness (QED) is 0.863. The topological polar surface area (TPSA) is 106 Å². The maximum Gasteiger partial charge on any atom is 0.231 e. The van der Waals surface area contributed by atoms with Crippen LogP contribution in [0.3, 0.4) is 0 Å². The second-order valence-electron chi connectivity index (χ2n) is 7.95. The minimum Gasteiger partial charge on any atom is -0.443 e. The molecule has 0 aliphatic carbocycles. The molecule has 2 amide bonds. The van der Waals surface area contributed by atoms with Gasteiger partial charge in [0.25, 0.3) is 0 Å². The van der Waals surface area contributed by atoms with Crippen molar-refractivity contribution in [3.8, 4) is 0 Å². The molecule has 2 N–H and O–H groups in total. The van der Waals surface area contributed by atoms with Crippen molar-refractivity contribution in [1.29, 1.82) is 0 Å². The van der Waals surface area contributed by atoms with E-state index < -0.39 is 0 Å². The number of likely N-dealkylation sites (tertiary alicyclic amines) is 1. The summed E-state index contributed by atoms with van der Waals surface area (Å²) in [5.74, 6) is 1.46. The number of fused-ring (bicyclic) bond motifs is 1. The van der Waals surface area contributed by atoms with E-state index in [9.17, 15) is 9.59 Å². The molecule has 2 aromatic rings. The monoisotopic (exact) mass is 385 g/mol. The molecule has 2 fully saturated rings. The van der Waals surface area contributed by atoms with Gasteiger partial charge in [-0.15, -0.1) is 0 Å². The zero-order valence-electron chi connectivity index (χ0n) is 16.5. The summed E-state index contributed by atoms with van der Waals surface area (Å²) < 4.78 is 5.74. The first kappa shape index (κ1) is 18.7. The van der Waals surface area contributed by atoms with Gasteiger partial charge in [0, 0.05) is 37.7 Å². The molecule has 0 aromatic carbocycles. The van der Waals surface area contributed by atoms with Gasteiger partial charge in [0.2, 0.25) is 17.5 Å². The highest BCUT2D eigenvalue weighted by atomic mass is 16.3. The fraction of sp³-hybridized carbons (Fsp3) is 0.600. The summed E-state index contributed by atoms with van der Waals surface area (Å²) >= 11 is 0. The Morgan fingerprint density at radius 3 is 2.57 bits per heavy atom. The van der Waals surface area contributed by atoms with Crippen LogP contribution in [0.4, 0.5) is 5.82 Å². The Balaban J connectivity index is 1.50. The minimum atomic E-state index is -0.255. The molecule has 2 aliphatic heterocycles. The Morgan fingerprint density at radius 2 is 1.86 bits per heavy atom. The number of hydrogen-bond donors (Lipinski definition) is 1. The van der Waals surface area contributed by atoms with Crippen molar-refractivity contribution in [3.63, 3.8) is 0 Å². The number of carbonyl (C=O) groups is 2. The SMILES string of the molecule is Cc1oc2ncnc(N3CCC[C@@H](C(=O)N4CCC(C(N)=O)CC4)C3)c2c1C. The molecular formula is C20H27N5O3. The van der Waals surface area contributed by atoms with Gasteiger partial charge in [-0.3, -0.25) is 9.59 Å². The summed E-state index contributed by atoms with van der Waals surface area (Å²) in [4.78, 5) is 37.3. The van der Waals surface area contributed by atoms with Crippen LogP contribution in [0.1, 0.15) is 37.0 Å². The van der Waals surface area contributed by atoms with Crippen LogP contribution in [-0.2, 0) is 9.59 Å². The van der Waals surface area contributed by atoms with Crippen LogP contribution in [0.2, 0.25) is 0 Å². The lowest BCUT2D eigenvalue weighted by atomic mass is 9.92. The van der Waals surface area contributed by atoms with Crippen molar-refractivity contribution < 1.29 is 14.0 Å². The summed E-state index contributed by atoms with van der Waals surface area (Å²) in [6.45, 7) is 6.68. The smallest absolute Gasteiger partial charge is 0.231 e. The number of aromatic nitrogens is 2. The predicted molar refractivity (Wildman–Crippen MR) is 105 cm³/mol. The number of primary amides is 1. The third-order valence-electron chi connectivity index (χ3n) is 6.22. The second kappa shape index (κ2) is 7.41. The Kier molecular flexibility index (Phi) is 4.95. The number of hydrogen-bond acceptors (Lipinski definition) is 6. The number of aryl methyl sites for hydroxylation is 2. The van der Waals surface area contributed by atoms with Crippen molar-refractivity contribution >= 4 is 28.7 Å². The van der Waals surface area contributed by atoms with E-state index in [-0.39, 0.29) is 23.7 Å². The molecule has 0 saturated carbocycles. The summed E-state index contributed by atoms with van der Waals surface area (Å²) in [6.07, 6.45) is 4.67. The Morgan fingerprint density at radius 1 is 1.11 bits per heavy atom. The number of piperidine rings is 2. The molecule has 8 heteroatoms. The van der Waals surface area contributed by atoms with Gasteiger partial charge in [-0.2, -0.15) is 0 Å². The van der Waals surface area contributed by atoms with E-state index in [4.69, 9.17) is 10.2 Å². The fourth-order valence-corrected chi connectivity index (χ4v) is 4.42. The highest BCUT2D eigenvalue weighted by Crippen LogP contribution is 2.33. The van der Waals surface area contributed by atoms with Crippen LogP contribution in [0.25, 0.3) is 11.1 Å². The van der Waals surface area contributed by atoms with Crippen molar-refractivity contribution in [2.45, 2.75) is 39.5 Å². The lowest BCUT2D eigenvalue weighted by Crippen LogP contribution is -2.48. The Hall–Kier alpha value is -2.64. The first-order chi connectivity index (χ1) is 13.5. The molecule has 1 atom stereocenters. The van der Waals surface area contributed by atoms with Crippen LogP contribution in [-0.4, -0.2) is 52.9 Å². The van der Waals surface area contributed by atoms with E-state index in [1.54, 1.807) is 0 Å². The number of anilines is 1. The predicted octanol–water partition coefficient (Wildman–Crippen LogP) is 1.78. The highest BCUT2D eigenvalue weighted by molar-refractivity contribution is 5.90. The molecule has 4 heterocycles. The standard InChI is InChI=1S/C20H27N5O3/c1-12-13(2)28-19-16(12)18(22-11-23-19)25-7-3-4-15(10-25)20(27)24-8-5-14(6-9-24)17(21)26/h11,14-15H,3-10H2,1-2H3,(H2,21,26)/t15-/m1/s1. The molecule has 4 rings (SSSR count). The zero-order chi connectivity index (χ0) is 19.8.